The van der Waals surface area contributed by atoms with Crippen LogP contribution in [0.3, 0.4) is 0 Å². The summed E-state index contributed by atoms with van der Waals surface area (Å²) < 4.78 is 20.8. The number of hydrogen-bond donors (Lipinski definition) is 2. The normalized spacial score (nSPS) is 26.4. The molecule has 2 N–H and O–H groups in total. The number of anilines is 1. The van der Waals surface area contributed by atoms with Crippen molar-refractivity contribution in [3.8, 4) is 0 Å². The number of esters is 1. The van der Waals surface area contributed by atoms with Crippen LogP contribution >= 0.6 is 23.2 Å². The van der Waals surface area contributed by atoms with Crippen LogP contribution in [0.1, 0.15) is 51.2 Å². The average Bonchev–Trinajstić information content (AvgIpc) is 3.19. The molecule has 0 unspecified atom stereocenters. The van der Waals surface area contributed by atoms with Crippen LogP contribution in [0.25, 0.3) is 0 Å². The zero-order valence-corrected chi connectivity index (χ0v) is 20.5. The lowest BCUT2D eigenvalue weighted by Crippen LogP contribution is -2.49. The molecule has 0 aromatic heterocycles. The molecule has 2 aromatic rings. The Labute approximate surface area is 203 Å². The van der Waals surface area contributed by atoms with Gasteiger partial charge in [0.2, 0.25) is 5.91 Å². The van der Waals surface area contributed by atoms with E-state index >= 15 is 4.39 Å². The van der Waals surface area contributed by atoms with Crippen molar-refractivity contribution in [3.63, 3.8) is 0 Å². The van der Waals surface area contributed by atoms with Gasteiger partial charge in [-0.2, -0.15) is 0 Å². The topological polar surface area (TPSA) is 67.4 Å². The fraction of sp³-hybridized carbons (Fsp3) is 0.440. The molecule has 0 aliphatic carbocycles. The number of rotatable bonds is 4. The van der Waals surface area contributed by atoms with E-state index in [1.807, 2.05) is 0 Å². The van der Waals surface area contributed by atoms with Gasteiger partial charge in [-0.05, 0) is 48.1 Å². The zero-order chi connectivity index (χ0) is 24.1. The Morgan fingerprint density at radius 3 is 2.61 bits per heavy atom. The molecular formula is C25H27Cl2FN2O3. The minimum Gasteiger partial charge on any atom is -0.465 e. The lowest BCUT2D eigenvalue weighted by atomic mass is 9.62. The molecule has 176 valence electrons. The van der Waals surface area contributed by atoms with Gasteiger partial charge in [-0.15, -0.1) is 0 Å². The Balaban J connectivity index is 2.02. The highest BCUT2D eigenvalue weighted by Crippen LogP contribution is 2.57. The van der Waals surface area contributed by atoms with Gasteiger partial charge in [0.15, 0.2) is 0 Å². The molecule has 0 saturated carbocycles. The minimum atomic E-state index is -1.27. The Hall–Kier alpha value is -2.15. The summed E-state index contributed by atoms with van der Waals surface area (Å²) in [5.41, 5.74) is -0.0283. The van der Waals surface area contributed by atoms with Gasteiger partial charge in [-0.1, -0.05) is 62.2 Å². The molecule has 2 aliphatic heterocycles. The smallest absolute Gasteiger partial charge is 0.323 e. The van der Waals surface area contributed by atoms with Crippen LogP contribution in [-0.4, -0.2) is 30.6 Å². The second-order valence-corrected chi connectivity index (χ2v) is 10.7. The summed E-state index contributed by atoms with van der Waals surface area (Å²) in [6, 6.07) is 8.42. The molecular weight excluding hydrogens is 466 g/mol. The Kier molecular flexibility index (Phi) is 6.23. The van der Waals surface area contributed by atoms with Gasteiger partial charge in [0.25, 0.3) is 0 Å². The Morgan fingerprint density at radius 2 is 1.94 bits per heavy atom. The van der Waals surface area contributed by atoms with Crippen LogP contribution in [0, 0.1) is 11.2 Å². The van der Waals surface area contributed by atoms with E-state index in [2.05, 4.69) is 31.4 Å². The molecule has 0 bridgehead atoms. The van der Waals surface area contributed by atoms with E-state index in [4.69, 9.17) is 27.9 Å². The Bertz CT molecular complexity index is 1120. The summed E-state index contributed by atoms with van der Waals surface area (Å²) in [5, 5.41) is 6.71. The van der Waals surface area contributed by atoms with Crippen LogP contribution in [0.5, 0.6) is 0 Å². The maximum atomic E-state index is 15.5. The molecule has 1 spiro atoms. The van der Waals surface area contributed by atoms with Crippen molar-refractivity contribution in [1.82, 2.24) is 5.32 Å². The molecule has 1 saturated heterocycles. The van der Waals surface area contributed by atoms with Crippen molar-refractivity contribution >= 4 is 40.8 Å². The van der Waals surface area contributed by atoms with Gasteiger partial charge in [0, 0.05) is 22.7 Å². The summed E-state index contributed by atoms with van der Waals surface area (Å²) in [6.07, 6.45) is 0.553. The highest BCUT2D eigenvalue weighted by atomic mass is 35.5. The van der Waals surface area contributed by atoms with Crippen molar-refractivity contribution in [2.75, 3.05) is 11.9 Å². The molecule has 8 heteroatoms. The largest absolute Gasteiger partial charge is 0.465 e. The van der Waals surface area contributed by atoms with Crippen molar-refractivity contribution in [3.05, 3.63) is 63.4 Å². The van der Waals surface area contributed by atoms with E-state index in [-0.39, 0.29) is 28.5 Å². The molecule has 5 nitrogen and oxygen atoms in total. The van der Waals surface area contributed by atoms with Crippen LogP contribution in [0.2, 0.25) is 10.0 Å². The van der Waals surface area contributed by atoms with E-state index in [9.17, 15) is 9.59 Å². The SMILES string of the molecule is CCOC(=O)[C@@H]1N[C@H](CC(C)(C)C)[C@]2(C(=O)Nc3cc(Cl)ccc32)[C@H]1c1cccc(Cl)c1F. The second-order valence-electron chi connectivity index (χ2n) is 9.85. The lowest BCUT2D eigenvalue weighted by molar-refractivity contribution is -0.145. The number of amides is 1. The molecule has 33 heavy (non-hydrogen) atoms. The summed E-state index contributed by atoms with van der Waals surface area (Å²) >= 11 is 12.4. The van der Waals surface area contributed by atoms with E-state index in [0.717, 1.165) is 0 Å². The van der Waals surface area contributed by atoms with Crippen molar-refractivity contribution in [2.45, 2.75) is 57.5 Å². The van der Waals surface area contributed by atoms with Gasteiger partial charge in [-0.3, -0.25) is 14.9 Å². The van der Waals surface area contributed by atoms with E-state index in [1.54, 1.807) is 37.3 Å². The van der Waals surface area contributed by atoms with Crippen molar-refractivity contribution in [1.29, 1.82) is 0 Å². The molecule has 0 radical (unpaired) electrons. The molecule has 2 aliphatic rings. The molecule has 4 atom stereocenters. The number of hydrogen-bond acceptors (Lipinski definition) is 4. The van der Waals surface area contributed by atoms with Crippen LogP contribution in [0.15, 0.2) is 36.4 Å². The summed E-state index contributed by atoms with van der Waals surface area (Å²) in [5.74, 6) is -2.37. The lowest BCUT2D eigenvalue weighted by Gasteiger charge is -2.37. The van der Waals surface area contributed by atoms with Crippen LogP contribution in [-0.2, 0) is 19.7 Å². The van der Waals surface area contributed by atoms with Crippen molar-refractivity contribution in [2.24, 2.45) is 5.41 Å². The number of carbonyl (C=O) groups is 2. The molecule has 4 rings (SSSR count). The van der Waals surface area contributed by atoms with Gasteiger partial charge >= 0.3 is 5.97 Å². The number of benzene rings is 2. The van der Waals surface area contributed by atoms with Gasteiger partial charge in [0.1, 0.15) is 17.3 Å². The fourth-order valence-corrected chi connectivity index (χ4v) is 5.72. The third-order valence-electron chi connectivity index (χ3n) is 6.48. The quantitative estimate of drug-likeness (QED) is 0.557. The first kappa shape index (κ1) is 24.0. The zero-order valence-electron chi connectivity index (χ0n) is 19.0. The van der Waals surface area contributed by atoms with Gasteiger partial charge < -0.3 is 10.1 Å². The predicted molar refractivity (Wildman–Crippen MR) is 127 cm³/mol. The number of carbonyl (C=O) groups excluding carboxylic acids is 2. The summed E-state index contributed by atoms with van der Waals surface area (Å²) in [6.45, 7) is 8.06. The minimum absolute atomic E-state index is 0.0701. The average molecular weight is 493 g/mol. The fourth-order valence-electron chi connectivity index (χ4n) is 5.36. The third-order valence-corrected chi connectivity index (χ3v) is 7.01. The highest BCUT2D eigenvalue weighted by molar-refractivity contribution is 6.31. The maximum absolute atomic E-state index is 15.5. The van der Waals surface area contributed by atoms with Crippen LogP contribution in [0.4, 0.5) is 10.1 Å². The predicted octanol–water partition coefficient (Wildman–Crippen LogP) is 5.45. The third kappa shape index (κ3) is 3.92. The monoisotopic (exact) mass is 492 g/mol. The number of ether oxygens (including phenoxy) is 1. The highest BCUT2D eigenvalue weighted by Gasteiger charge is 2.66. The van der Waals surface area contributed by atoms with E-state index in [0.29, 0.717) is 22.7 Å². The van der Waals surface area contributed by atoms with Gasteiger partial charge in [-0.25, -0.2) is 4.39 Å². The standard InChI is InChI=1S/C25H27Cl2FN2O3/c1-5-33-22(31)21-19(14-7-6-8-16(27)20(14)28)25(18(30-21)12-24(2,3)4)15-10-9-13(26)11-17(15)29-23(25)32/h6-11,18-19,21,30H,5,12H2,1-4H3,(H,29,32)/t18-,19+,21-,25+/m1/s1. The van der Waals surface area contributed by atoms with E-state index < -0.39 is 35.2 Å². The molecule has 2 aromatic carbocycles. The van der Waals surface area contributed by atoms with Gasteiger partial charge in [0.05, 0.1) is 11.6 Å². The first-order chi connectivity index (χ1) is 15.5. The first-order valence-electron chi connectivity index (χ1n) is 11.0. The van der Waals surface area contributed by atoms with Crippen molar-refractivity contribution < 1.29 is 18.7 Å². The number of nitrogens with one attached hydrogen (secondary N) is 2. The molecule has 2 heterocycles. The summed E-state index contributed by atoms with van der Waals surface area (Å²) in [7, 11) is 0. The first-order valence-corrected chi connectivity index (χ1v) is 11.7. The second kappa shape index (κ2) is 8.57. The summed E-state index contributed by atoms with van der Waals surface area (Å²) in [4.78, 5) is 27.0. The Morgan fingerprint density at radius 1 is 1.21 bits per heavy atom. The molecule has 1 amide bonds. The maximum Gasteiger partial charge on any atom is 0.323 e. The number of halogens is 3. The number of fused-ring (bicyclic) bond motifs is 2. The van der Waals surface area contributed by atoms with E-state index in [1.165, 1.54) is 6.07 Å². The van der Waals surface area contributed by atoms with Crippen LogP contribution < -0.4 is 10.6 Å². The molecule has 1 fully saturated rings.